The maximum atomic E-state index is 12.7. The normalized spacial score (nSPS) is 14.4. The maximum Gasteiger partial charge on any atom is 0.416 e. The summed E-state index contributed by atoms with van der Waals surface area (Å²) in [6.45, 7) is 0.262. The Hall–Kier alpha value is -2.57. The number of rotatable bonds is 4. The minimum atomic E-state index is -4.37. The van der Waals surface area contributed by atoms with Crippen LogP contribution in [0.5, 0.6) is 0 Å². The highest BCUT2D eigenvalue weighted by atomic mass is 19.4. The van der Waals surface area contributed by atoms with E-state index in [1.54, 1.807) is 0 Å². The van der Waals surface area contributed by atoms with Crippen molar-refractivity contribution in [2.24, 2.45) is 10.7 Å². The highest BCUT2D eigenvalue weighted by Crippen LogP contribution is 2.29. The number of aliphatic imine (C=N–C) groups is 1. The number of nitrogens with one attached hydrogen (secondary N) is 1. The minimum absolute atomic E-state index is 0.241. The second kappa shape index (κ2) is 7.13. The first kappa shape index (κ1) is 17.3. The molecule has 7 heteroatoms. The summed E-state index contributed by atoms with van der Waals surface area (Å²) in [6, 6.07) is 8.11. The van der Waals surface area contributed by atoms with E-state index in [0.29, 0.717) is 5.69 Å². The number of anilines is 1. The Kier molecular flexibility index (Phi) is 4.92. The van der Waals surface area contributed by atoms with E-state index in [4.69, 9.17) is 5.73 Å². The Morgan fingerprint density at radius 3 is 2.76 bits per heavy atom. The van der Waals surface area contributed by atoms with Crippen molar-refractivity contribution in [3.05, 3.63) is 58.9 Å². The molecule has 1 aliphatic rings. The first-order valence-electron chi connectivity index (χ1n) is 8.13. The fourth-order valence-electron chi connectivity index (χ4n) is 2.92. The molecule has 0 bridgehead atoms. The molecule has 0 atom stereocenters. The lowest BCUT2D eigenvalue weighted by Crippen LogP contribution is -2.23. The van der Waals surface area contributed by atoms with Crippen molar-refractivity contribution in [1.29, 1.82) is 0 Å². The lowest BCUT2D eigenvalue weighted by atomic mass is 10.1. The summed E-state index contributed by atoms with van der Waals surface area (Å²) in [4.78, 5) is 8.10. The third kappa shape index (κ3) is 4.49. The Bertz CT molecular complexity index is 784. The Morgan fingerprint density at radius 2 is 1.96 bits per heavy atom. The van der Waals surface area contributed by atoms with Crippen LogP contribution in [0.25, 0.3) is 0 Å². The molecule has 0 saturated heterocycles. The zero-order chi connectivity index (χ0) is 17.9. The maximum absolute atomic E-state index is 12.7. The third-order valence-corrected chi connectivity index (χ3v) is 4.16. The van der Waals surface area contributed by atoms with Gasteiger partial charge in [0.25, 0.3) is 0 Å². The molecule has 132 valence electrons. The van der Waals surface area contributed by atoms with Crippen molar-refractivity contribution >= 4 is 11.6 Å². The molecular formula is C18H19F3N4. The minimum Gasteiger partial charge on any atom is -0.370 e. The van der Waals surface area contributed by atoms with E-state index in [1.807, 2.05) is 6.07 Å². The van der Waals surface area contributed by atoms with Gasteiger partial charge in [-0.1, -0.05) is 6.07 Å². The van der Waals surface area contributed by atoms with Gasteiger partial charge in [0.15, 0.2) is 5.96 Å². The Morgan fingerprint density at radius 1 is 1.16 bits per heavy atom. The van der Waals surface area contributed by atoms with Gasteiger partial charge in [-0.05, 0) is 54.7 Å². The first-order valence-corrected chi connectivity index (χ1v) is 8.13. The van der Waals surface area contributed by atoms with Crippen molar-refractivity contribution < 1.29 is 13.2 Å². The second-order valence-corrected chi connectivity index (χ2v) is 6.01. The number of nitrogens with two attached hydrogens (primary N) is 1. The zero-order valence-electron chi connectivity index (χ0n) is 13.6. The van der Waals surface area contributed by atoms with E-state index in [9.17, 15) is 13.2 Å². The van der Waals surface area contributed by atoms with Crippen molar-refractivity contribution in [1.82, 2.24) is 4.98 Å². The number of hydrogen-bond donors (Lipinski definition) is 2. The van der Waals surface area contributed by atoms with E-state index in [1.165, 1.54) is 17.5 Å². The van der Waals surface area contributed by atoms with E-state index in [-0.39, 0.29) is 18.9 Å². The fraction of sp³-hybridized carbons (Fsp3) is 0.333. The topological polar surface area (TPSA) is 63.3 Å². The lowest BCUT2D eigenvalue weighted by molar-refractivity contribution is -0.137. The van der Waals surface area contributed by atoms with E-state index in [0.717, 1.165) is 36.9 Å². The van der Waals surface area contributed by atoms with Crippen LogP contribution < -0.4 is 11.1 Å². The molecule has 0 unspecified atom stereocenters. The molecule has 0 aliphatic heterocycles. The molecule has 25 heavy (non-hydrogen) atoms. The van der Waals surface area contributed by atoms with Crippen molar-refractivity contribution in [2.75, 3.05) is 11.9 Å². The number of halogens is 3. The first-order chi connectivity index (χ1) is 11.9. The van der Waals surface area contributed by atoms with Gasteiger partial charge < -0.3 is 11.1 Å². The second-order valence-electron chi connectivity index (χ2n) is 6.01. The van der Waals surface area contributed by atoms with Gasteiger partial charge in [-0.3, -0.25) is 9.98 Å². The number of nitrogens with zero attached hydrogens (tertiary/aromatic N) is 2. The lowest BCUT2D eigenvalue weighted by Gasteiger charge is -2.09. The van der Waals surface area contributed by atoms with Crippen LogP contribution in [0.15, 0.2) is 41.5 Å². The molecule has 1 aromatic heterocycles. The number of pyridine rings is 1. The molecule has 0 spiro atoms. The average Bonchev–Trinajstić information content (AvgIpc) is 3.02. The number of guanidine groups is 1. The molecule has 2 aromatic rings. The van der Waals surface area contributed by atoms with Crippen molar-refractivity contribution in [2.45, 2.75) is 31.9 Å². The summed E-state index contributed by atoms with van der Waals surface area (Å²) >= 11 is 0. The van der Waals surface area contributed by atoms with E-state index in [2.05, 4.69) is 27.4 Å². The smallest absolute Gasteiger partial charge is 0.370 e. The van der Waals surface area contributed by atoms with Gasteiger partial charge in [0.2, 0.25) is 0 Å². The van der Waals surface area contributed by atoms with Gasteiger partial charge in [-0.25, -0.2) is 0 Å². The van der Waals surface area contributed by atoms with Crippen LogP contribution in [0.3, 0.4) is 0 Å². The van der Waals surface area contributed by atoms with Crippen LogP contribution in [0.1, 0.15) is 28.8 Å². The number of aromatic nitrogens is 1. The molecule has 0 fully saturated rings. The monoisotopic (exact) mass is 348 g/mol. The number of hydrogen-bond acceptors (Lipinski definition) is 2. The fourth-order valence-corrected chi connectivity index (χ4v) is 2.92. The van der Waals surface area contributed by atoms with Crippen LogP contribution in [0, 0.1) is 0 Å². The summed E-state index contributed by atoms with van der Waals surface area (Å²) in [5, 5.41) is 3.02. The Balaban J connectivity index is 1.57. The summed E-state index contributed by atoms with van der Waals surface area (Å²) in [7, 11) is 0. The number of fused-ring (bicyclic) bond motifs is 1. The van der Waals surface area contributed by atoms with Gasteiger partial charge in [0.1, 0.15) is 0 Å². The van der Waals surface area contributed by atoms with Gasteiger partial charge >= 0.3 is 6.18 Å². The predicted octanol–water partition coefficient (Wildman–Crippen LogP) is 3.56. The molecule has 3 rings (SSSR count). The predicted molar refractivity (Wildman–Crippen MR) is 91.5 cm³/mol. The Labute approximate surface area is 144 Å². The highest BCUT2D eigenvalue weighted by molar-refractivity contribution is 5.92. The zero-order valence-corrected chi connectivity index (χ0v) is 13.6. The van der Waals surface area contributed by atoms with Gasteiger partial charge in [-0.2, -0.15) is 13.2 Å². The molecule has 1 heterocycles. The molecule has 0 amide bonds. The molecule has 0 radical (unpaired) electrons. The third-order valence-electron chi connectivity index (χ3n) is 4.16. The summed E-state index contributed by atoms with van der Waals surface area (Å²) < 4.78 is 38.0. The van der Waals surface area contributed by atoms with E-state index >= 15 is 0 Å². The largest absolute Gasteiger partial charge is 0.416 e. The van der Waals surface area contributed by atoms with Gasteiger partial charge in [0, 0.05) is 30.5 Å². The van der Waals surface area contributed by atoms with Crippen molar-refractivity contribution in [3.8, 4) is 0 Å². The highest BCUT2D eigenvalue weighted by Gasteiger charge is 2.30. The van der Waals surface area contributed by atoms with Crippen molar-refractivity contribution in [3.63, 3.8) is 0 Å². The van der Waals surface area contributed by atoms with Crippen LogP contribution >= 0.6 is 0 Å². The summed E-state index contributed by atoms with van der Waals surface area (Å²) in [5.74, 6) is 0.241. The van der Waals surface area contributed by atoms with Gasteiger partial charge in [0.05, 0.1) is 5.56 Å². The molecule has 3 N–H and O–H groups in total. The van der Waals surface area contributed by atoms with Crippen LogP contribution in [-0.2, 0) is 25.4 Å². The van der Waals surface area contributed by atoms with Gasteiger partial charge in [-0.15, -0.1) is 0 Å². The van der Waals surface area contributed by atoms with Crippen LogP contribution in [0.2, 0.25) is 0 Å². The average molecular weight is 348 g/mol. The molecular weight excluding hydrogens is 329 g/mol. The number of aryl methyl sites for hydroxylation is 2. The van der Waals surface area contributed by atoms with Crippen LogP contribution in [0.4, 0.5) is 18.9 Å². The number of benzene rings is 1. The summed E-state index contributed by atoms with van der Waals surface area (Å²) in [5.41, 5.74) is 9.06. The van der Waals surface area contributed by atoms with Crippen LogP contribution in [-0.4, -0.2) is 17.5 Å². The summed E-state index contributed by atoms with van der Waals surface area (Å²) in [6.07, 6.45) is 0.443. The number of alkyl halides is 3. The standard InChI is InChI=1S/C18H19F3N4/c19-18(20,21)14-6-8-23-15(11-14)7-9-24-17(22)25-16-5-4-12-2-1-3-13(12)10-16/h4-6,8,10-11H,1-3,7,9H2,(H3,22,24,25). The van der Waals surface area contributed by atoms with E-state index < -0.39 is 11.7 Å². The molecule has 1 aliphatic carbocycles. The molecule has 1 aromatic carbocycles. The SMILES string of the molecule is NC(=NCCc1cc(C(F)(F)F)ccn1)Nc1ccc2c(c1)CCC2. The molecule has 4 nitrogen and oxygen atoms in total. The molecule has 0 saturated carbocycles. The quantitative estimate of drug-likeness (QED) is 0.656.